The number of nitrogens with one attached hydrogen (secondary N) is 1. The number of para-hydroxylation sites is 1. The number of nitrogen functional groups attached to an aromatic ring is 1. The summed E-state index contributed by atoms with van der Waals surface area (Å²) in [7, 11) is 0. The molecule has 0 spiro atoms. The Labute approximate surface area is 219 Å². The molecule has 7 nitrogen and oxygen atoms in total. The highest BCUT2D eigenvalue weighted by molar-refractivity contribution is 6.00. The van der Waals surface area contributed by atoms with Crippen LogP contribution in [0.2, 0.25) is 0 Å². The van der Waals surface area contributed by atoms with Crippen LogP contribution in [0, 0.1) is 5.92 Å². The van der Waals surface area contributed by atoms with Gasteiger partial charge >= 0.3 is 0 Å². The normalized spacial score (nSPS) is 18.6. The number of hydrogen-bond donors (Lipinski definition) is 3. The van der Waals surface area contributed by atoms with Crippen LogP contribution in [0.1, 0.15) is 51.5 Å². The Hall–Kier alpha value is -3.42. The summed E-state index contributed by atoms with van der Waals surface area (Å²) in [5.74, 6) is 2.93. The Kier molecular flexibility index (Phi) is 8.02. The van der Waals surface area contributed by atoms with Crippen LogP contribution < -0.4 is 21.5 Å². The van der Waals surface area contributed by atoms with E-state index in [1.807, 2.05) is 42.5 Å². The third-order valence-electron chi connectivity index (χ3n) is 7.64. The maximum atomic E-state index is 6.39. The van der Waals surface area contributed by atoms with Crippen LogP contribution in [0.3, 0.4) is 0 Å². The molecule has 5 rings (SSSR count). The summed E-state index contributed by atoms with van der Waals surface area (Å²) in [6.07, 6.45) is 11.1. The van der Waals surface area contributed by atoms with Gasteiger partial charge in [-0.1, -0.05) is 30.3 Å². The van der Waals surface area contributed by atoms with Crippen molar-refractivity contribution in [2.75, 3.05) is 18.8 Å². The Morgan fingerprint density at radius 1 is 1.00 bits per heavy atom. The Morgan fingerprint density at radius 3 is 2.46 bits per heavy atom. The molecule has 194 valence electrons. The molecule has 0 aliphatic heterocycles. The quantitative estimate of drug-likeness (QED) is 0.251. The molecule has 2 aromatic carbocycles. The maximum Gasteiger partial charge on any atom is 0.146 e. The van der Waals surface area contributed by atoms with E-state index in [0.717, 1.165) is 59.0 Å². The molecule has 1 aliphatic carbocycles. The molecular formula is C30H38N6O. The molecule has 2 aromatic heterocycles. The highest BCUT2D eigenvalue weighted by Crippen LogP contribution is 2.40. The lowest BCUT2D eigenvalue weighted by molar-refractivity contribution is 0.257. The molecule has 2 heterocycles. The van der Waals surface area contributed by atoms with E-state index in [9.17, 15) is 0 Å². The van der Waals surface area contributed by atoms with E-state index < -0.39 is 0 Å². The smallest absolute Gasteiger partial charge is 0.146 e. The number of fused-ring (bicyclic) bond motifs is 1. The SMILES string of the molecule is C[C@@H](CC[C@H]1CC[C@H](n2cc(-c3ccc(Oc4ccccc4)cc3)c3c(N)ncnc32)CC1)NCCN. The van der Waals surface area contributed by atoms with Crippen molar-refractivity contribution in [3.8, 4) is 22.6 Å². The summed E-state index contributed by atoms with van der Waals surface area (Å²) in [4.78, 5) is 8.99. The number of hydrogen-bond acceptors (Lipinski definition) is 6. The standard InChI is InChI=1S/C30H38N6O/c1-21(33-18-17-31)7-8-22-9-13-24(14-10-22)36-19-27(28-29(32)34-20-35-30(28)36)23-11-15-26(16-12-23)37-25-5-3-2-4-6-25/h2-6,11-12,15-16,19-22,24,33H,7-10,13-14,17-18,31H2,1H3,(H2,32,34,35)/t21-,22-,24-/m0/s1. The van der Waals surface area contributed by atoms with Crippen molar-refractivity contribution in [1.82, 2.24) is 19.9 Å². The van der Waals surface area contributed by atoms with Crippen molar-refractivity contribution in [3.63, 3.8) is 0 Å². The maximum absolute atomic E-state index is 6.39. The van der Waals surface area contributed by atoms with Gasteiger partial charge in [-0.3, -0.25) is 0 Å². The predicted octanol–water partition coefficient (Wildman–Crippen LogP) is 5.92. The molecule has 37 heavy (non-hydrogen) atoms. The number of anilines is 1. The summed E-state index contributed by atoms with van der Waals surface area (Å²) < 4.78 is 8.33. The molecule has 4 aromatic rings. The first-order valence-electron chi connectivity index (χ1n) is 13.5. The number of nitrogens with zero attached hydrogens (tertiary/aromatic N) is 3. The molecule has 0 amide bonds. The Bertz CT molecular complexity index is 1280. The lowest BCUT2D eigenvalue weighted by atomic mass is 9.82. The molecule has 0 saturated heterocycles. The average Bonchev–Trinajstić information content (AvgIpc) is 3.33. The van der Waals surface area contributed by atoms with Gasteiger partial charge in [-0.05, 0) is 81.2 Å². The largest absolute Gasteiger partial charge is 0.457 e. The Morgan fingerprint density at radius 2 is 1.73 bits per heavy atom. The van der Waals surface area contributed by atoms with E-state index >= 15 is 0 Å². The second kappa shape index (κ2) is 11.8. The lowest BCUT2D eigenvalue weighted by Crippen LogP contribution is -2.31. The number of rotatable bonds is 10. The number of aromatic nitrogens is 3. The van der Waals surface area contributed by atoms with Crippen molar-refractivity contribution in [2.24, 2.45) is 11.7 Å². The van der Waals surface area contributed by atoms with Gasteiger partial charge in [-0.25, -0.2) is 9.97 Å². The van der Waals surface area contributed by atoms with Crippen LogP contribution in [0.25, 0.3) is 22.2 Å². The van der Waals surface area contributed by atoms with Gasteiger partial charge in [0.15, 0.2) is 0 Å². The molecule has 1 aliphatic rings. The summed E-state index contributed by atoms with van der Waals surface area (Å²) in [6.45, 7) is 3.85. The second-order valence-corrected chi connectivity index (χ2v) is 10.2. The highest BCUT2D eigenvalue weighted by Gasteiger charge is 2.26. The Balaban J connectivity index is 1.31. The lowest BCUT2D eigenvalue weighted by Gasteiger charge is -2.30. The summed E-state index contributed by atoms with van der Waals surface area (Å²) in [6, 6.07) is 18.9. The van der Waals surface area contributed by atoms with Crippen LogP contribution >= 0.6 is 0 Å². The molecule has 1 saturated carbocycles. The van der Waals surface area contributed by atoms with Crippen molar-refractivity contribution in [2.45, 2.75) is 57.5 Å². The van der Waals surface area contributed by atoms with Gasteiger partial charge in [0.05, 0.1) is 5.39 Å². The fraction of sp³-hybridized carbons (Fsp3) is 0.400. The molecule has 7 heteroatoms. The van der Waals surface area contributed by atoms with Crippen molar-refractivity contribution in [3.05, 3.63) is 67.1 Å². The van der Waals surface area contributed by atoms with Crippen LogP contribution in [-0.2, 0) is 0 Å². The van der Waals surface area contributed by atoms with Gasteiger partial charge in [0.25, 0.3) is 0 Å². The molecule has 0 bridgehead atoms. The molecule has 1 atom stereocenters. The fourth-order valence-corrected chi connectivity index (χ4v) is 5.56. The van der Waals surface area contributed by atoms with Crippen molar-refractivity contribution in [1.29, 1.82) is 0 Å². The topological polar surface area (TPSA) is 104 Å². The highest BCUT2D eigenvalue weighted by atomic mass is 16.5. The zero-order valence-electron chi connectivity index (χ0n) is 21.6. The molecular weight excluding hydrogens is 460 g/mol. The van der Waals surface area contributed by atoms with Crippen molar-refractivity contribution >= 4 is 16.9 Å². The van der Waals surface area contributed by atoms with E-state index in [4.69, 9.17) is 16.2 Å². The van der Waals surface area contributed by atoms with E-state index in [1.54, 1.807) is 6.33 Å². The minimum atomic E-state index is 0.426. The first-order chi connectivity index (χ1) is 18.1. The summed E-state index contributed by atoms with van der Waals surface area (Å²) in [5, 5.41) is 4.43. The number of ether oxygens (including phenoxy) is 1. The third-order valence-corrected chi connectivity index (χ3v) is 7.64. The monoisotopic (exact) mass is 498 g/mol. The first-order valence-corrected chi connectivity index (χ1v) is 13.5. The summed E-state index contributed by atoms with van der Waals surface area (Å²) >= 11 is 0. The zero-order valence-corrected chi connectivity index (χ0v) is 21.6. The van der Waals surface area contributed by atoms with Gasteiger partial charge in [-0.15, -0.1) is 0 Å². The van der Waals surface area contributed by atoms with Crippen LogP contribution in [-0.4, -0.2) is 33.7 Å². The van der Waals surface area contributed by atoms with Gasteiger partial charge in [-0.2, -0.15) is 0 Å². The summed E-state index contributed by atoms with van der Waals surface area (Å²) in [5.41, 5.74) is 15.1. The van der Waals surface area contributed by atoms with Gasteiger partial charge in [0, 0.05) is 36.9 Å². The second-order valence-electron chi connectivity index (χ2n) is 10.2. The van der Waals surface area contributed by atoms with Crippen molar-refractivity contribution < 1.29 is 4.74 Å². The molecule has 5 N–H and O–H groups in total. The minimum absolute atomic E-state index is 0.426. The van der Waals surface area contributed by atoms with E-state index in [1.165, 1.54) is 25.7 Å². The van der Waals surface area contributed by atoms with E-state index in [0.29, 0.717) is 24.4 Å². The van der Waals surface area contributed by atoms with Gasteiger partial charge in [0.2, 0.25) is 0 Å². The van der Waals surface area contributed by atoms with E-state index in [2.05, 4.69) is 45.1 Å². The van der Waals surface area contributed by atoms with Gasteiger partial charge < -0.3 is 26.1 Å². The van der Waals surface area contributed by atoms with Crippen LogP contribution in [0.4, 0.5) is 5.82 Å². The number of benzene rings is 2. The predicted molar refractivity (Wildman–Crippen MR) is 151 cm³/mol. The first kappa shape index (κ1) is 25.2. The zero-order chi connectivity index (χ0) is 25.6. The van der Waals surface area contributed by atoms with Crippen LogP contribution in [0.15, 0.2) is 67.1 Å². The minimum Gasteiger partial charge on any atom is -0.457 e. The molecule has 0 radical (unpaired) electrons. The van der Waals surface area contributed by atoms with E-state index in [-0.39, 0.29) is 0 Å². The third kappa shape index (κ3) is 5.95. The number of nitrogens with two attached hydrogens (primary N) is 2. The fourth-order valence-electron chi connectivity index (χ4n) is 5.56. The average molecular weight is 499 g/mol. The van der Waals surface area contributed by atoms with Gasteiger partial charge in [0.1, 0.15) is 29.3 Å². The van der Waals surface area contributed by atoms with Crippen LogP contribution in [0.5, 0.6) is 11.5 Å². The molecule has 0 unspecified atom stereocenters. The molecule has 1 fully saturated rings.